The molecule has 0 aromatic heterocycles. The molecule has 24 heavy (non-hydrogen) atoms. The summed E-state index contributed by atoms with van der Waals surface area (Å²) >= 11 is 6.02. The van der Waals surface area contributed by atoms with Crippen LogP contribution in [-0.4, -0.2) is 41.8 Å². The van der Waals surface area contributed by atoms with Gasteiger partial charge in [0.25, 0.3) is 0 Å². The summed E-state index contributed by atoms with van der Waals surface area (Å²) < 4.78 is 25.8. The fourth-order valence-corrected chi connectivity index (χ4v) is 3.44. The van der Waals surface area contributed by atoms with E-state index >= 15 is 0 Å². The smallest absolute Gasteiger partial charge is 0.146 e. The molecule has 1 fully saturated rings. The third-order valence-electron chi connectivity index (χ3n) is 4.69. The molecule has 1 saturated carbocycles. The van der Waals surface area contributed by atoms with E-state index in [0.717, 1.165) is 18.4 Å². The van der Waals surface area contributed by atoms with Gasteiger partial charge in [-0.3, -0.25) is 0 Å². The van der Waals surface area contributed by atoms with Crippen LogP contribution in [0.5, 0.6) is 0 Å². The Labute approximate surface area is 151 Å². The zero-order chi connectivity index (χ0) is 18.0. The van der Waals surface area contributed by atoms with Crippen LogP contribution in [0.1, 0.15) is 39.2 Å². The van der Waals surface area contributed by atoms with E-state index in [1.165, 1.54) is 0 Å². The first-order valence-electron chi connectivity index (χ1n) is 8.03. The second kappa shape index (κ2) is 7.34. The minimum atomic E-state index is -2.08. The first-order chi connectivity index (χ1) is 11.1. The van der Waals surface area contributed by atoms with Gasteiger partial charge in [-0.1, -0.05) is 23.7 Å². The van der Waals surface area contributed by atoms with Crippen molar-refractivity contribution >= 4 is 28.3 Å². The monoisotopic (exact) mass is 373 g/mol. The Bertz CT molecular complexity index is 575. The number of hydrogen-bond acceptors (Lipinski definition) is 4. The summed E-state index contributed by atoms with van der Waals surface area (Å²) in [5, 5.41) is 0.713. The van der Waals surface area contributed by atoms with Crippen LogP contribution in [-0.2, 0) is 14.9 Å². The second-order valence-corrected chi connectivity index (χ2v) is 11.0. The number of benzene rings is 1. The summed E-state index contributed by atoms with van der Waals surface area (Å²) in [6.07, 6.45) is 5.55. The average Bonchev–Trinajstić information content (AvgIpc) is 2.45. The predicted molar refractivity (Wildman–Crippen MR) is 104 cm³/mol. The molecule has 136 valence electrons. The van der Waals surface area contributed by atoms with Crippen LogP contribution in [0.15, 0.2) is 28.7 Å². The van der Waals surface area contributed by atoms with Gasteiger partial charge < -0.3 is 14.0 Å². The number of halogens is 1. The highest BCUT2D eigenvalue weighted by Crippen LogP contribution is 2.55. The molecule has 1 aromatic rings. The topological polar surface area (TPSA) is 51.0 Å². The first-order valence-corrected chi connectivity index (χ1v) is 10.4. The summed E-state index contributed by atoms with van der Waals surface area (Å²) in [4.78, 5) is 0. The van der Waals surface area contributed by atoms with Crippen molar-refractivity contribution in [2.75, 3.05) is 20.2 Å². The molecule has 1 aliphatic carbocycles. The molecule has 2 rings (SSSR count). The van der Waals surface area contributed by atoms with Crippen LogP contribution >= 0.6 is 22.1 Å². The molecule has 6 heteroatoms. The predicted octanol–water partition coefficient (Wildman–Crippen LogP) is 5.05. The maximum Gasteiger partial charge on any atom is 0.146 e. The summed E-state index contributed by atoms with van der Waals surface area (Å²) in [5.74, 6) is 0. The lowest BCUT2D eigenvalue weighted by atomic mass is 9.63. The molecule has 1 aliphatic rings. The van der Waals surface area contributed by atoms with Gasteiger partial charge in [-0.2, -0.15) is 0 Å². The fourth-order valence-electron chi connectivity index (χ4n) is 2.59. The summed E-state index contributed by atoms with van der Waals surface area (Å²) in [6, 6.07) is 7.85. The third-order valence-corrected chi connectivity index (χ3v) is 7.78. The Balaban J connectivity index is 2.24. The Morgan fingerprint density at radius 1 is 1.33 bits per heavy atom. The van der Waals surface area contributed by atoms with Gasteiger partial charge in [0.05, 0.1) is 6.10 Å². The van der Waals surface area contributed by atoms with E-state index in [-0.39, 0.29) is 16.3 Å². The molecule has 1 unspecified atom stereocenters. The standard InChI is InChI=1S/C18H28ClNO3S/c1-17(2,3)24(5,21)20-12-18(10-16(11-18)23-13-22-4)14-6-8-15(19)9-7-14/h6-9,12,16,21H,10-11,13H2,1-5H3. The molecular formula is C18H28ClNO3S. The van der Waals surface area contributed by atoms with E-state index in [1.807, 2.05) is 57.5 Å². The molecular weight excluding hydrogens is 346 g/mol. The van der Waals surface area contributed by atoms with E-state index in [4.69, 9.17) is 21.1 Å². The molecule has 0 spiro atoms. The summed E-state index contributed by atoms with van der Waals surface area (Å²) in [7, 11) is -0.458. The number of ether oxygens (including phenoxy) is 2. The molecule has 1 aromatic carbocycles. The quantitative estimate of drug-likeness (QED) is 0.560. The van der Waals surface area contributed by atoms with Crippen molar-refractivity contribution in [3.8, 4) is 0 Å². The van der Waals surface area contributed by atoms with Gasteiger partial charge in [0.15, 0.2) is 0 Å². The van der Waals surface area contributed by atoms with Crippen molar-refractivity contribution in [1.82, 2.24) is 0 Å². The van der Waals surface area contributed by atoms with Crippen LogP contribution in [0, 0.1) is 0 Å². The summed E-state index contributed by atoms with van der Waals surface area (Å²) in [6.45, 7) is 6.34. The van der Waals surface area contributed by atoms with E-state index in [0.29, 0.717) is 11.8 Å². The van der Waals surface area contributed by atoms with E-state index in [2.05, 4.69) is 4.40 Å². The maximum atomic E-state index is 10.7. The maximum absolute atomic E-state index is 10.7. The van der Waals surface area contributed by atoms with Gasteiger partial charge in [-0.05, 0) is 61.8 Å². The van der Waals surface area contributed by atoms with Crippen molar-refractivity contribution in [1.29, 1.82) is 0 Å². The normalized spacial score (nSPS) is 28.4. The lowest BCUT2D eigenvalue weighted by Crippen LogP contribution is -2.47. The van der Waals surface area contributed by atoms with Gasteiger partial charge >= 0.3 is 0 Å². The van der Waals surface area contributed by atoms with E-state index in [9.17, 15) is 4.55 Å². The first kappa shape index (κ1) is 19.7. The third kappa shape index (κ3) is 4.33. The van der Waals surface area contributed by atoms with Crippen LogP contribution in [0.4, 0.5) is 0 Å². The van der Waals surface area contributed by atoms with Crippen LogP contribution in [0.2, 0.25) is 5.02 Å². The zero-order valence-electron chi connectivity index (χ0n) is 15.1. The lowest BCUT2D eigenvalue weighted by Gasteiger charge is -2.46. The molecule has 0 radical (unpaired) electrons. The Morgan fingerprint density at radius 2 is 1.92 bits per heavy atom. The number of hydrogen-bond donors (Lipinski definition) is 1. The second-order valence-electron chi connectivity index (χ2n) is 7.45. The van der Waals surface area contributed by atoms with Gasteiger partial charge in [-0.15, -0.1) is 0 Å². The molecule has 1 N–H and O–H groups in total. The zero-order valence-corrected chi connectivity index (χ0v) is 16.7. The molecule has 1 atom stereocenters. The highest BCUT2D eigenvalue weighted by molar-refractivity contribution is 8.28. The highest BCUT2D eigenvalue weighted by atomic mass is 35.5. The van der Waals surface area contributed by atoms with Crippen molar-refractivity contribution in [2.24, 2.45) is 4.40 Å². The lowest BCUT2D eigenvalue weighted by molar-refractivity contribution is -0.110. The minimum Gasteiger partial charge on any atom is -0.359 e. The number of methoxy groups -OCH3 is 1. The fraction of sp³-hybridized carbons (Fsp3) is 0.611. The minimum absolute atomic E-state index is 0.140. The van der Waals surface area contributed by atoms with Gasteiger partial charge in [0, 0.05) is 34.8 Å². The van der Waals surface area contributed by atoms with E-state index < -0.39 is 10.5 Å². The van der Waals surface area contributed by atoms with Crippen LogP contribution < -0.4 is 0 Å². The molecule has 0 amide bonds. The van der Waals surface area contributed by atoms with Crippen LogP contribution in [0.25, 0.3) is 0 Å². The van der Waals surface area contributed by atoms with Gasteiger partial charge in [-0.25, -0.2) is 4.40 Å². The molecule has 0 aliphatic heterocycles. The SMILES string of the molecule is COCOC1CC(C=NS(C)(O)C(C)(C)C)(c2ccc(Cl)cc2)C1. The number of rotatable bonds is 6. The summed E-state index contributed by atoms with van der Waals surface area (Å²) in [5.41, 5.74) is 0.933. The molecule has 4 nitrogen and oxygen atoms in total. The van der Waals surface area contributed by atoms with Crippen molar-refractivity contribution in [3.05, 3.63) is 34.9 Å². The van der Waals surface area contributed by atoms with Crippen molar-refractivity contribution < 1.29 is 14.0 Å². The van der Waals surface area contributed by atoms with Crippen molar-refractivity contribution in [2.45, 2.75) is 49.9 Å². The van der Waals surface area contributed by atoms with Gasteiger partial charge in [0.2, 0.25) is 0 Å². The molecule has 0 bridgehead atoms. The van der Waals surface area contributed by atoms with Gasteiger partial charge in [0.1, 0.15) is 6.79 Å². The largest absolute Gasteiger partial charge is 0.359 e. The Kier molecular flexibility index (Phi) is 6.03. The molecule has 0 saturated heterocycles. The molecule has 0 heterocycles. The average molecular weight is 374 g/mol. The van der Waals surface area contributed by atoms with E-state index in [1.54, 1.807) is 7.11 Å². The Morgan fingerprint density at radius 3 is 2.42 bits per heavy atom. The number of nitrogens with zero attached hydrogens (tertiary/aromatic N) is 1. The van der Waals surface area contributed by atoms with Crippen molar-refractivity contribution in [3.63, 3.8) is 0 Å². The van der Waals surface area contributed by atoms with Crippen LogP contribution in [0.3, 0.4) is 0 Å². The Hall–Kier alpha value is -0.590. The highest BCUT2D eigenvalue weighted by Gasteiger charge is 2.46.